The number of carbonyl (C=O) groups excluding carboxylic acids is 1. The fourth-order valence-corrected chi connectivity index (χ4v) is 3.57. The summed E-state index contributed by atoms with van der Waals surface area (Å²) >= 11 is 1.45. The SMILES string of the molecule is CC(C)(C)c1ccc(SCC(=O)Nc2cccc(S(C)(=O)=O)c2)cc1. The molecule has 134 valence electrons. The van der Waals surface area contributed by atoms with Gasteiger partial charge in [0.25, 0.3) is 0 Å². The molecule has 0 bridgehead atoms. The van der Waals surface area contributed by atoms with Crippen LogP contribution in [0.25, 0.3) is 0 Å². The van der Waals surface area contributed by atoms with Crippen LogP contribution in [-0.4, -0.2) is 26.3 Å². The van der Waals surface area contributed by atoms with Crippen molar-refractivity contribution in [3.8, 4) is 0 Å². The molecular weight excluding hydrogens is 354 g/mol. The van der Waals surface area contributed by atoms with Crippen molar-refractivity contribution in [2.45, 2.75) is 36.0 Å². The summed E-state index contributed by atoms with van der Waals surface area (Å²) in [4.78, 5) is 13.3. The largest absolute Gasteiger partial charge is 0.325 e. The number of thioether (sulfide) groups is 1. The van der Waals surface area contributed by atoms with Gasteiger partial charge in [-0.05, 0) is 41.3 Å². The van der Waals surface area contributed by atoms with E-state index in [4.69, 9.17) is 0 Å². The molecule has 0 saturated heterocycles. The molecule has 0 aliphatic carbocycles. The topological polar surface area (TPSA) is 63.2 Å². The van der Waals surface area contributed by atoms with Crippen LogP contribution in [0.4, 0.5) is 5.69 Å². The van der Waals surface area contributed by atoms with Crippen molar-refractivity contribution in [2.75, 3.05) is 17.3 Å². The molecule has 0 aromatic heterocycles. The summed E-state index contributed by atoms with van der Waals surface area (Å²) in [7, 11) is -3.29. The molecule has 0 saturated carbocycles. The number of hydrogen-bond acceptors (Lipinski definition) is 4. The molecule has 0 spiro atoms. The van der Waals surface area contributed by atoms with E-state index in [-0.39, 0.29) is 22.0 Å². The van der Waals surface area contributed by atoms with Gasteiger partial charge >= 0.3 is 0 Å². The first-order valence-electron chi connectivity index (χ1n) is 7.89. The second-order valence-electron chi connectivity index (χ2n) is 6.91. The van der Waals surface area contributed by atoms with Gasteiger partial charge in [0.05, 0.1) is 10.6 Å². The van der Waals surface area contributed by atoms with Gasteiger partial charge in [0.1, 0.15) is 0 Å². The maximum absolute atomic E-state index is 12.1. The Balaban J connectivity index is 1.95. The van der Waals surface area contributed by atoms with Crippen LogP contribution in [0, 0.1) is 0 Å². The molecule has 1 amide bonds. The summed E-state index contributed by atoms with van der Waals surface area (Å²) in [5.41, 5.74) is 1.83. The highest BCUT2D eigenvalue weighted by Gasteiger charge is 2.13. The Morgan fingerprint density at radius 1 is 1.08 bits per heavy atom. The molecule has 0 unspecified atom stereocenters. The Bertz CT molecular complexity index is 851. The molecule has 0 aliphatic rings. The molecule has 4 nitrogen and oxygen atoms in total. The normalized spacial score (nSPS) is 12.0. The number of amides is 1. The lowest BCUT2D eigenvalue weighted by Crippen LogP contribution is -2.14. The maximum Gasteiger partial charge on any atom is 0.234 e. The molecule has 0 fully saturated rings. The number of anilines is 1. The minimum Gasteiger partial charge on any atom is -0.325 e. The molecule has 25 heavy (non-hydrogen) atoms. The highest BCUT2D eigenvalue weighted by molar-refractivity contribution is 8.00. The predicted octanol–water partition coefficient (Wildman–Crippen LogP) is 4.12. The van der Waals surface area contributed by atoms with Crippen LogP contribution in [-0.2, 0) is 20.0 Å². The summed E-state index contributed by atoms with van der Waals surface area (Å²) in [6.07, 6.45) is 1.14. The summed E-state index contributed by atoms with van der Waals surface area (Å²) < 4.78 is 23.1. The van der Waals surface area contributed by atoms with Crippen molar-refractivity contribution >= 4 is 33.2 Å². The summed E-state index contributed by atoms with van der Waals surface area (Å²) in [5.74, 6) is 0.0911. The number of nitrogens with one attached hydrogen (secondary N) is 1. The van der Waals surface area contributed by atoms with Crippen LogP contribution in [0.1, 0.15) is 26.3 Å². The number of rotatable bonds is 5. The molecule has 0 heterocycles. The third kappa shape index (κ3) is 5.90. The van der Waals surface area contributed by atoms with Gasteiger partial charge in [0.15, 0.2) is 9.84 Å². The van der Waals surface area contributed by atoms with Crippen molar-refractivity contribution in [3.63, 3.8) is 0 Å². The minimum atomic E-state index is -3.29. The fourth-order valence-electron chi connectivity index (χ4n) is 2.20. The zero-order chi connectivity index (χ0) is 18.7. The lowest BCUT2D eigenvalue weighted by Gasteiger charge is -2.19. The molecule has 0 atom stereocenters. The van der Waals surface area contributed by atoms with Crippen LogP contribution in [0.5, 0.6) is 0 Å². The molecular formula is C19H23NO3S2. The van der Waals surface area contributed by atoms with E-state index in [0.29, 0.717) is 5.69 Å². The monoisotopic (exact) mass is 377 g/mol. The van der Waals surface area contributed by atoms with E-state index in [2.05, 4.69) is 38.2 Å². The van der Waals surface area contributed by atoms with E-state index < -0.39 is 9.84 Å². The molecule has 2 rings (SSSR count). The van der Waals surface area contributed by atoms with Crippen molar-refractivity contribution in [3.05, 3.63) is 54.1 Å². The lowest BCUT2D eigenvalue weighted by atomic mass is 9.87. The van der Waals surface area contributed by atoms with E-state index in [1.165, 1.54) is 29.5 Å². The molecule has 1 N–H and O–H groups in total. The average molecular weight is 378 g/mol. The minimum absolute atomic E-state index is 0.102. The smallest absolute Gasteiger partial charge is 0.234 e. The Kier molecular flexibility index (Phi) is 5.95. The Morgan fingerprint density at radius 2 is 1.72 bits per heavy atom. The van der Waals surface area contributed by atoms with E-state index >= 15 is 0 Å². The van der Waals surface area contributed by atoms with Gasteiger partial charge in [0.2, 0.25) is 5.91 Å². The van der Waals surface area contributed by atoms with Gasteiger partial charge in [-0.1, -0.05) is 39.0 Å². The molecule has 6 heteroatoms. The maximum atomic E-state index is 12.1. The standard InChI is InChI=1S/C19H23NO3S2/c1-19(2,3)14-8-10-16(11-9-14)24-13-18(21)20-15-6-5-7-17(12-15)25(4,22)23/h5-12H,13H2,1-4H3,(H,20,21). The zero-order valence-electron chi connectivity index (χ0n) is 14.9. The van der Waals surface area contributed by atoms with Crippen LogP contribution in [0.2, 0.25) is 0 Å². The second-order valence-corrected chi connectivity index (χ2v) is 9.98. The van der Waals surface area contributed by atoms with Gasteiger partial charge in [-0.2, -0.15) is 0 Å². The number of carbonyl (C=O) groups is 1. The van der Waals surface area contributed by atoms with Gasteiger partial charge in [-0.3, -0.25) is 4.79 Å². The summed E-state index contributed by atoms with van der Waals surface area (Å²) in [6.45, 7) is 6.48. The van der Waals surface area contributed by atoms with Crippen LogP contribution in [0.3, 0.4) is 0 Å². The predicted molar refractivity (Wildman–Crippen MR) is 104 cm³/mol. The Hall–Kier alpha value is -1.79. The fraction of sp³-hybridized carbons (Fsp3) is 0.316. The molecule has 2 aromatic carbocycles. The van der Waals surface area contributed by atoms with Crippen molar-refractivity contribution < 1.29 is 13.2 Å². The summed E-state index contributed by atoms with van der Waals surface area (Å²) in [5, 5.41) is 2.74. The lowest BCUT2D eigenvalue weighted by molar-refractivity contribution is -0.113. The van der Waals surface area contributed by atoms with Crippen molar-refractivity contribution in [1.82, 2.24) is 0 Å². The number of sulfone groups is 1. The third-order valence-corrected chi connectivity index (χ3v) is 5.76. The van der Waals surface area contributed by atoms with Gasteiger partial charge in [0, 0.05) is 16.8 Å². The van der Waals surface area contributed by atoms with E-state index in [1.54, 1.807) is 12.1 Å². The van der Waals surface area contributed by atoms with Gasteiger partial charge in [-0.15, -0.1) is 11.8 Å². The molecule has 2 aromatic rings. The Morgan fingerprint density at radius 3 is 2.28 bits per heavy atom. The summed E-state index contributed by atoms with van der Waals surface area (Å²) in [6, 6.07) is 14.5. The first-order valence-corrected chi connectivity index (χ1v) is 10.8. The number of benzene rings is 2. The highest BCUT2D eigenvalue weighted by atomic mass is 32.2. The van der Waals surface area contributed by atoms with E-state index in [9.17, 15) is 13.2 Å². The quantitative estimate of drug-likeness (QED) is 0.796. The third-order valence-electron chi connectivity index (χ3n) is 3.64. The van der Waals surface area contributed by atoms with Gasteiger partial charge in [-0.25, -0.2) is 8.42 Å². The van der Waals surface area contributed by atoms with Crippen molar-refractivity contribution in [2.24, 2.45) is 0 Å². The van der Waals surface area contributed by atoms with Crippen LogP contribution >= 0.6 is 11.8 Å². The van der Waals surface area contributed by atoms with Crippen LogP contribution < -0.4 is 5.32 Å². The first-order chi connectivity index (χ1) is 11.6. The van der Waals surface area contributed by atoms with Crippen LogP contribution in [0.15, 0.2) is 58.3 Å². The molecule has 0 radical (unpaired) electrons. The molecule has 0 aliphatic heterocycles. The zero-order valence-corrected chi connectivity index (χ0v) is 16.5. The van der Waals surface area contributed by atoms with E-state index in [0.717, 1.165) is 11.2 Å². The van der Waals surface area contributed by atoms with Crippen molar-refractivity contribution in [1.29, 1.82) is 0 Å². The average Bonchev–Trinajstić information content (AvgIpc) is 2.52. The van der Waals surface area contributed by atoms with E-state index in [1.807, 2.05) is 12.1 Å². The number of hydrogen-bond donors (Lipinski definition) is 1. The second kappa shape index (κ2) is 7.62. The highest BCUT2D eigenvalue weighted by Crippen LogP contribution is 2.25. The van der Waals surface area contributed by atoms with Gasteiger partial charge < -0.3 is 5.32 Å². The Labute approximate surface area is 154 Å². The first kappa shape index (κ1) is 19.5.